The van der Waals surface area contributed by atoms with Crippen LogP contribution in [0.5, 0.6) is 0 Å². The van der Waals surface area contributed by atoms with Crippen LogP contribution in [0.1, 0.15) is 34.8 Å². The zero-order valence-corrected chi connectivity index (χ0v) is 14.0. The molecule has 0 aliphatic rings. The molecule has 2 heterocycles. The average Bonchev–Trinajstić information content (AvgIpc) is 3.24. The van der Waals surface area contributed by atoms with Crippen molar-refractivity contribution in [2.24, 2.45) is 0 Å². The molecular formula is C15H12ClF3N6O. The fourth-order valence-electron chi connectivity index (χ4n) is 2.33. The van der Waals surface area contributed by atoms with E-state index in [2.05, 4.69) is 25.6 Å². The van der Waals surface area contributed by atoms with E-state index in [4.69, 9.17) is 11.6 Å². The second kappa shape index (κ2) is 6.79. The van der Waals surface area contributed by atoms with Crippen LogP contribution in [-0.4, -0.2) is 30.9 Å². The number of amides is 1. The third-order valence-corrected chi connectivity index (χ3v) is 3.80. The number of H-pyrrole nitrogens is 1. The summed E-state index contributed by atoms with van der Waals surface area (Å²) in [4.78, 5) is 16.2. The highest BCUT2D eigenvalue weighted by molar-refractivity contribution is 6.30. The molecule has 0 aliphatic carbocycles. The molecule has 0 radical (unpaired) electrons. The molecule has 26 heavy (non-hydrogen) atoms. The quantitative estimate of drug-likeness (QED) is 0.723. The number of rotatable bonds is 4. The standard InChI is InChI=1S/C15H12ClF3N6O/c1-8(13-20-7-21-24-13)23-14(26)11-6-22-25(12(11)15(17,18)19)10-4-2-9(16)3-5-10/h2-8H,1H3,(H,23,26)(H,20,21,24). The molecule has 0 saturated carbocycles. The van der Waals surface area contributed by atoms with Gasteiger partial charge in [0.2, 0.25) is 0 Å². The molecule has 1 atom stereocenters. The van der Waals surface area contributed by atoms with Crippen molar-refractivity contribution < 1.29 is 18.0 Å². The van der Waals surface area contributed by atoms with Crippen molar-refractivity contribution in [3.05, 3.63) is 58.9 Å². The summed E-state index contributed by atoms with van der Waals surface area (Å²) >= 11 is 5.76. The maximum atomic E-state index is 13.6. The van der Waals surface area contributed by atoms with Crippen LogP contribution in [0.25, 0.3) is 5.69 Å². The third kappa shape index (κ3) is 3.54. The number of hydrogen-bond donors (Lipinski definition) is 2. The van der Waals surface area contributed by atoms with E-state index in [-0.39, 0.29) is 5.69 Å². The van der Waals surface area contributed by atoms with Gasteiger partial charge in [-0.25, -0.2) is 9.67 Å². The molecule has 1 amide bonds. The fourth-order valence-corrected chi connectivity index (χ4v) is 2.46. The lowest BCUT2D eigenvalue weighted by Crippen LogP contribution is -2.29. The molecule has 1 unspecified atom stereocenters. The van der Waals surface area contributed by atoms with Gasteiger partial charge in [-0.2, -0.15) is 23.4 Å². The Morgan fingerprint density at radius 3 is 2.58 bits per heavy atom. The summed E-state index contributed by atoms with van der Waals surface area (Å²) in [6.45, 7) is 1.56. The minimum Gasteiger partial charge on any atom is -0.342 e. The van der Waals surface area contributed by atoms with E-state index in [0.717, 1.165) is 6.20 Å². The average molecular weight is 385 g/mol. The predicted molar refractivity (Wildman–Crippen MR) is 85.8 cm³/mol. The van der Waals surface area contributed by atoms with Crippen LogP contribution in [0.3, 0.4) is 0 Å². The highest BCUT2D eigenvalue weighted by Crippen LogP contribution is 2.34. The van der Waals surface area contributed by atoms with Crippen LogP contribution in [0.15, 0.2) is 36.8 Å². The number of halogens is 4. The van der Waals surface area contributed by atoms with Crippen molar-refractivity contribution in [2.75, 3.05) is 0 Å². The van der Waals surface area contributed by atoms with Crippen molar-refractivity contribution in [2.45, 2.75) is 19.1 Å². The Kier molecular flexibility index (Phi) is 4.68. The number of nitrogens with zero attached hydrogens (tertiary/aromatic N) is 4. The van der Waals surface area contributed by atoms with E-state index >= 15 is 0 Å². The Morgan fingerprint density at radius 1 is 1.31 bits per heavy atom. The maximum Gasteiger partial charge on any atom is 0.434 e. The zero-order valence-electron chi connectivity index (χ0n) is 13.3. The Morgan fingerprint density at radius 2 is 2.00 bits per heavy atom. The van der Waals surface area contributed by atoms with E-state index in [0.29, 0.717) is 15.5 Å². The lowest BCUT2D eigenvalue weighted by atomic mass is 10.2. The van der Waals surface area contributed by atoms with Crippen molar-refractivity contribution in [3.8, 4) is 5.69 Å². The van der Waals surface area contributed by atoms with Gasteiger partial charge in [0.05, 0.1) is 23.5 Å². The van der Waals surface area contributed by atoms with Gasteiger partial charge in [-0.05, 0) is 31.2 Å². The van der Waals surface area contributed by atoms with Gasteiger partial charge >= 0.3 is 6.18 Å². The largest absolute Gasteiger partial charge is 0.434 e. The van der Waals surface area contributed by atoms with Gasteiger partial charge in [-0.3, -0.25) is 9.89 Å². The van der Waals surface area contributed by atoms with Crippen LogP contribution in [0.4, 0.5) is 13.2 Å². The van der Waals surface area contributed by atoms with Crippen molar-refractivity contribution >= 4 is 17.5 Å². The first-order chi connectivity index (χ1) is 12.3. The van der Waals surface area contributed by atoms with E-state index in [1.165, 1.54) is 30.6 Å². The maximum absolute atomic E-state index is 13.6. The lowest BCUT2D eigenvalue weighted by molar-refractivity contribution is -0.143. The smallest absolute Gasteiger partial charge is 0.342 e. The van der Waals surface area contributed by atoms with Gasteiger partial charge in [-0.15, -0.1) is 0 Å². The topological polar surface area (TPSA) is 88.5 Å². The molecule has 0 saturated heterocycles. The molecule has 7 nitrogen and oxygen atoms in total. The zero-order chi connectivity index (χ0) is 18.9. The fraction of sp³-hybridized carbons (Fsp3) is 0.200. The summed E-state index contributed by atoms with van der Waals surface area (Å²) in [7, 11) is 0. The summed E-state index contributed by atoms with van der Waals surface area (Å²) in [5.74, 6) is -0.613. The normalized spacial score (nSPS) is 12.8. The second-order valence-electron chi connectivity index (χ2n) is 5.36. The van der Waals surface area contributed by atoms with E-state index in [1.807, 2.05) is 0 Å². The SMILES string of the molecule is CC(NC(=O)c1cnn(-c2ccc(Cl)cc2)c1C(F)(F)F)c1ncn[nH]1. The molecule has 0 aliphatic heterocycles. The summed E-state index contributed by atoms with van der Waals surface area (Å²) in [5, 5.41) is 12.7. The summed E-state index contributed by atoms with van der Waals surface area (Å²) < 4.78 is 41.4. The lowest BCUT2D eigenvalue weighted by Gasteiger charge is -2.14. The molecule has 0 spiro atoms. The van der Waals surface area contributed by atoms with E-state index in [1.54, 1.807) is 6.92 Å². The minimum absolute atomic E-state index is 0.129. The number of aromatic nitrogens is 5. The highest BCUT2D eigenvalue weighted by Gasteiger charge is 2.40. The first-order valence-corrected chi connectivity index (χ1v) is 7.72. The van der Waals surface area contributed by atoms with Crippen molar-refractivity contribution in [1.29, 1.82) is 0 Å². The van der Waals surface area contributed by atoms with Gasteiger partial charge in [-0.1, -0.05) is 11.6 Å². The summed E-state index contributed by atoms with van der Waals surface area (Å²) in [6, 6.07) is 4.96. The second-order valence-corrected chi connectivity index (χ2v) is 5.80. The monoisotopic (exact) mass is 384 g/mol. The molecule has 3 rings (SSSR count). The minimum atomic E-state index is -4.79. The predicted octanol–water partition coefficient (Wildman–Crippen LogP) is 3.15. The van der Waals surface area contributed by atoms with Crippen molar-refractivity contribution in [1.82, 2.24) is 30.3 Å². The third-order valence-electron chi connectivity index (χ3n) is 3.54. The van der Waals surface area contributed by atoms with Crippen LogP contribution < -0.4 is 5.32 Å². The van der Waals surface area contributed by atoms with Crippen LogP contribution >= 0.6 is 11.6 Å². The van der Waals surface area contributed by atoms with Gasteiger partial charge in [0, 0.05) is 5.02 Å². The first kappa shape index (κ1) is 17.9. The Bertz CT molecular complexity index is 905. The molecule has 11 heteroatoms. The Labute approximate surface area is 150 Å². The Hall–Kier alpha value is -2.88. The molecular weight excluding hydrogens is 373 g/mol. The number of nitrogens with one attached hydrogen (secondary N) is 2. The van der Waals surface area contributed by atoms with Gasteiger partial charge in [0.1, 0.15) is 12.2 Å². The molecule has 0 fully saturated rings. The molecule has 136 valence electrons. The number of aromatic amines is 1. The summed E-state index contributed by atoms with van der Waals surface area (Å²) in [6.07, 6.45) is -2.68. The molecule has 2 N–H and O–H groups in total. The van der Waals surface area contributed by atoms with E-state index < -0.39 is 29.4 Å². The molecule has 2 aromatic heterocycles. The van der Waals surface area contributed by atoms with Crippen LogP contribution in [0.2, 0.25) is 5.02 Å². The number of alkyl halides is 3. The molecule has 0 bridgehead atoms. The number of carbonyl (C=O) groups excluding carboxylic acids is 1. The van der Waals surface area contributed by atoms with Crippen molar-refractivity contribution in [3.63, 3.8) is 0 Å². The van der Waals surface area contributed by atoms with Crippen LogP contribution in [-0.2, 0) is 6.18 Å². The first-order valence-electron chi connectivity index (χ1n) is 7.34. The summed E-state index contributed by atoms with van der Waals surface area (Å²) in [5.41, 5.74) is -1.65. The Balaban J connectivity index is 1.97. The van der Waals surface area contributed by atoms with Crippen LogP contribution in [0, 0.1) is 0 Å². The van der Waals surface area contributed by atoms with Gasteiger partial charge in [0.25, 0.3) is 5.91 Å². The molecule has 3 aromatic rings. The number of benzene rings is 1. The van der Waals surface area contributed by atoms with Gasteiger partial charge in [0.15, 0.2) is 5.69 Å². The highest BCUT2D eigenvalue weighted by atomic mass is 35.5. The van der Waals surface area contributed by atoms with Gasteiger partial charge < -0.3 is 5.32 Å². The number of hydrogen-bond acceptors (Lipinski definition) is 4. The van der Waals surface area contributed by atoms with E-state index in [9.17, 15) is 18.0 Å². The molecule has 1 aromatic carbocycles. The number of carbonyl (C=O) groups is 1.